The number of carboxylic acid groups (broad SMARTS) is 1. The zero-order valence-corrected chi connectivity index (χ0v) is 12.6. The summed E-state index contributed by atoms with van der Waals surface area (Å²) in [5.74, 6) is -0.536. The normalized spacial score (nSPS) is 12.6. The molecule has 5 heteroatoms. The van der Waals surface area contributed by atoms with Crippen LogP contribution in [-0.4, -0.2) is 29.7 Å². The quantitative estimate of drug-likeness (QED) is 0.914. The van der Waals surface area contributed by atoms with Crippen molar-refractivity contribution in [2.75, 3.05) is 18.5 Å². The highest BCUT2D eigenvalue weighted by atomic mass is 16.4. The van der Waals surface area contributed by atoms with Crippen LogP contribution in [0.25, 0.3) is 0 Å². The highest BCUT2D eigenvalue weighted by Gasteiger charge is 2.20. The number of nitriles is 1. The number of nitrogens with zero attached hydrogens (tertiary/aromatic N) is 3. The minimum atomic E-state index is -0.971. The first-order valence-corrected chi connectivity index (χ1v) is 6.51. The number of pyridine rings is 1. The molecule has 0 saturated carbocycles. The van der Waals surface area contributed by atoms with E-state index in [-0.39, 0.29) is 16.9 Å². The first-order valence-electron chi connectivity index (χ1n) is 6.51. The van der Waals surface area contributed by atoms with Gasteiger partial charge < -0.3 is 10.0 Å². The fraction of sp³-hybridized carbons (Fsp3) is 0.533. The zero-order chi connectivity index (χ0) is 15.5. The van der Waals surface area contributed by atoms with Gasteiger partial charge in [-0.05, 0) is 19.1 Å². The summed E-state index contributed by atoms with van der Waals surface area (Å²) in [6.45, 7) is 8.30. The molecule has 0 amide bonds. The zero-order valence-electron chi connectivity index (χ0n) is 12.6. The van der Waals surface area contributed by atoms with E-state index in [1.54, 1.807) is 12.1 Å². The molecule has 0 saturated heterocycles. The number of aromatic nitrogens is 1. The van der Waals surface area contributed by atoms with E-state index in [0.29, 0.717) is 12.4 Å². The third-order valence-corrected chi connectivity index (χ3v) is 2.99. The largest absolute Gasteiger partial charge is 0.478 e. The summed E-state index contributed by atoms with van der Waals surface area (Å²) in [6.07, 6.45) is 0. The van der Waals surface area contributed by atoms with E-state index >= 15 is 0 Å². The lowest BCUT2D eigenvalue weighted by Crippen LogP contribution is -2.26. The Hall–Kier alpha value is -2.09. The predicted molar refractivity (Wildman–Crippen MR) is 77.9 cm³/mol. The Morgan fingerprint density at radius 2 is 2.10 bits per heavy atom. The van der Waals surface area contributed by atoms with Gasteiger partial charge in [-0.1, -0.05) is 20.8 Å². The molecule has 0 fully saturated rings. The molecule has 0 aromatic carbocycles. The second-order valence-corrected chi connectivity index (χ2v) is 6.07. The number of anilines is 1. The van der Waals surface area contributed by atoms with Crippen molar-refractivity contribution in [1.82, 2.24) is 4.98 Å². The van der Waals surface area contributed by atoms with Crippen LogP contribution in [0.3, 0.4) is 0 Å². The van der Waals surface area contributed by atoms with Gasteiger partial charge in [-0.25, -0.2) is 9.78 Å². The molecule has 0 aliphatic rings. The number of hydrogen-bond donors (Lipinski definition) is 1. The highest BCUT2D eigenvalue weighted by molar-refractivity contribution is 5.88. The number of hydrogen-bond acceptors (Lipinski definition) is 4. The van der Waals surface area contributed by atoms with Crippen LogP contribution in [0.5, 0.6) is 0 Å². The Labute approximate surface area is 119 Å². The van der Waals surface area contributed by atoms with Gasteiger partial charge >= 0.3 is 5.97 Å². The lowest BCUT2D eigenvalue weighted by molar-refractivity contribution is 0.0696. The maximum absolute atomic E-state index is 11.2. The van der Waals surface area contributed by atoms with Gasteiger partial charge in [0.25, 0.3) is 0 Å². The molecule has 0 aliphatic carbocycles. The minimum absolute atomic E-state index is 0.145. The summed E-state index contributed by atoms with van der Waals surface area (Å²) < 4.78 is 0. The number of carboxylic acids is 1. The Bertz CT molecular complexity index is 541. The molecule has 0 spiro atoms. The Morgan fingerprint density at radius 3 is 2.55 bits per heavy atom. The Balaban J connectivity index is 3.23. The van der Waals surface area contributed by atoms with Crippen molar-refractivity contribution in [2.24, 2.45) is 5.92 Å². The average molecular weight is 275 g/mol. The second-order valence-electron chi connectivity index (χ2n) is 6.07. The third kappa shape index (κ3) is 3.95. The van der Waals surface area contributed by atoms with Gasteiger partial charge in [-0.15, -0.1) is 0 Å². The van der Waals surface area contributed by atoms with Crippen molar-refractivity contribution in [3.8, 4) is 6.07 Å². The number of rotatable bonds is 4. The Kier molecular flexibility index (Phi) is 4.72. The molecule has 1 rings (SSSR count). The van der Waals surface area contributed by atoms with Crippen molar-refractivity contribution in [3.05, 3.63) is 23.4 Å². The second kappa shape index (κ2) is 5.91. The molecule has 1 N–H and O–H groups in total. The van der Waals surface area contributed by atoms with Crippen LogP contribution in [-0.2, 0) is 5.41 Å². The van der Waals surface area contributed by atoms with E-state index in [0.717, 1.165) is 5.69 Å². The monoisotopic (exact) mass is 275 g/mol. The molecule has 1 heterocycles. The summed E-state index contributed by atoms with van der Waals surface area (Å²) >= 11 is 0. The van der Waals surface area contributed by atoms with Gasteiger partial charge in [0.1, 0.15) is 5.82 Å². The third-order valence-electron chi connectivity index (χ3n) is 2.99. The molecule has 1 atom stereocenters. The van der Waals surface area contributed by atoms with Crippen LogP contribution < -0.4 is 4.90 Å². The first kappa shape index (κ1) is 16.0. The molecule has 20 heavy (non-hydrogen) atoms. The number of aromatic carboxylic acids is 1. The smallest absolute Gasteiger partial charge is 0.335 e. The molecule has 0 radical (unpaired) electrons. The lowest BCUT2D eigenvalue weighted by atomic mass is 9.90. The fourth-order valence-corrected chi connectivity index (χ4v) is 1.76. The molecule has 1 aromatic heterocycles. The summed E-state index contributed by atoms with van der Waals surface area (Å²) in [6, 6.07) is 5.31. The predicted octanol–water partition coefficient (Wildman–Crippen LogP) is 2.67. The highest BCUT2D eigenvalue weighted by Crippen LogP contribution is 2.25. The van der Waals surface area contributed by atoms with Gasteiger partial charge in [0, 0.05) is 24.7 Å². The minimum Gasteiger partial charge on any atom is -0.478 e. The molecular weight excluding hydrogens is 254 g/mol. The van der Waals surface area contributed by atoms with Gasteiger partial charge in [-0.2, -0.15) is 5.26 Å². The van der Waals surface area contributed by atoms with Gasteiger partial charge in [0.05, 0.1) is 17.6 Å². The maximum atomic E-state index is 11.2. The van der Waals surface area contributed by atoms with E-state index in [1.165, 1.54) is 0 Å². The van der Waals surface area contributed by atoms with Crippen molar-refractivity contribution in [3.63, 3.8) is 0 Å². The standard InChI is InChI=1S/C15H21N3O2/c1-10(8-16)9-18(5)13-7-11(14(19)20)6-12(17-13)15(2,3)4/h6-7,10H,9H2,1-5H3,(H,19,20). The first-order chi connectivity index (χ1) is 9.15. The SMILES string of the molecule is CC(C#N)CN(C)c1cc(C(=O)O)cc(C(C)(C)C)n1. The van der Waals surface area contributed by atoms with E-state index in [2.05, 4.69) is 11.1 Å². The van der Waals surface area contributed by atoms with Crippen molar-refractivity contribution in [1.29, 1.82) is 5.26 Å². The molecule has 5 nitrogen and oxygen atoms in total. The summed E-state index contributed by atoms with van der Waals surface area (Å²) in [5, 5.41) is 18.1. The molecule has 0 bridgehead atoms. The van der Waals surface area contributed by atoms with E-state index in [1.807, 2.05) is 39.6 Å². The summed E-state index contributed by atoms with van der Waals surface area (Å²) in [7, 11) is 1.81. The van der Waals surface area contributed by atoms with Crippen LogP contribution in [0, 0.1) is 17.2 Å². The van der Waals surface area contributed by atoms with Crippen LogP contribution >= 0.6 is 0 Å². The molecular formula is C15H21N3O2. The molecule has 108 valence electrons. The van der Waals surface area contributed by atoms with Crippen LogP contribution in [0.2, 0.25) is 0 Å². The fourth-order valence-electron chi connectivity index (χ4n) is 1.76. The van der Waals surface area contributed by atoms with E-state index in [4.69, 9.17) is 5.26 Å². The van der Waals surface area contributed by atoms with E-state index < -0.39 is 5.97 Å². The van der Waals surface area contributed by atoms with Crippen molar-refractivity contribution >= 4 is 11.8 Å². The number of carbonyl (C=O) groups is 1. The van der Waals surface area contributed by atoms with E-state index in [9.17, 15) is 9.90 Å². The maximum Gasteiger partial charge on any atom is 0.335 e. The van der Waals surface area contributed by atoms with Crippen molar-refractivity contribution in [2.45, 2.75) is 33.1 Å². The van der Waals surface area contributed by atoms with Crippen LogP contribution in [0.1, 0.15) is 43.7 Å². The average Bonchev–Trinajstić information content (AvgIpc) is 2.36. The van der Waals surface area contributed by atoms with Crippen LogP contribution in [0.4, 0.5) is 5.82 Å². The van der Waals surface area contributed by atoms with Crippen LogP contribution in [0.15, 0.2) is 12.1 Å². The molecule has 1 aromatic rings. The Morgan fingerprint density at radius 1 is 1.50 bits per heavy atom. The van der Waals surface area contributed by atoms with Gasteiger partial charge in [-0.3, -0.25) is 0 Å². The van der Waals surface area contributed by atoms with Gasteiger partial charge in [0.2, 0.25) is 0 Å². The topological polar surface area (TPSA) is 77.2 Å². The van der Waals surface area contributed by atoms with Gasteiger partial charge in [0.15, 0.2) is 0 Å². The molecule has 0 aliphatic heterocycles. The summed E-state index contributed by atoms with van der Waals surface area (Å²) in [4.78, 5) is 17.6. The lowest BCUT2D eigenvalue weighted by Gasteiger charge is -2.24. The summed E-state index contributed by atoms with van der Waals surface area (Å²) in [5.41, 5.74) is 0.710. The van der Waals surface area contributed by atoms with Crippen molar-refractivity contribution < 1.29 is 9.90 Å². The molecule has 1 unspecified atom stereocenters.